The Hall–Kier alpha value is -2.22. The molecule has 7 heteroatoms. The Morgan fingerprint density at radius 2 is 1.86 bits per heavy atom. The van der Waals surface area contributed by atoms with Gasteiger partial charge in [0.1, 0.15) is 0 Å². The third-order valence-electron chi connectivity index (χ3n) is 4.62. The summed E-state index contributed by atoms with van der Waals surface area (Å²) in [4.78, 5) is 27.8. The van der Waals surface area contributed by atoms with E-state index in [1.807, 2.05) is 29.6 Å². The summed E-state index contributed by atoms with van der Waals surface area (Å²) in [6, 6.07) is 9.42. The highest BCUT2D eigenvalue weighted by molar-refractivity contribution is 7.12. The van der Waals surface area contributed by atoms with E-state index in [0.717, 1.165) is 18.7 Å². The van der Waals surface area contributed by atoms with E-state index in [-0.39, 0.29) is 17.2 Å². The van der Waals surface area contributed by atoms with Gasteiger partial charge in [0.15, 0.2) is 0 Å². The van der Waals surface area contributed by atoms with Gasteiger partial charge in [-0.25, -0.2) is 0 Å². The molecule has 1 saturated heterocycles. The molecule has 1 fully saturated rings. The molecule has 1 aliphatic heterocycles. The minimum atomic E-state index is -0.176. The van der Waals surface area contributed by atoms with Crippen LogP contribution in [0.3, 0.4) is 0 Å². The Kier molecular flexibility index (Phi) is 6.49. The average molecular weight is 402 g/mol. The largest absolute Gasteiger partial charge is 0.379 e. The number of rotatable bonds is 5. The van der Waals surface area contributed by atoms with Crippen molar-refractivity contribution in [1.29, 1.82) is 0 Å². The number of carbonyl (C=O) groups is 2. The smallest absolute Gasteiger partial charge is 0.265 e. The zero-order valence-electron chi connectivity index (χ0n) is 16.6. The minimum absolute atomic E-state index is 0.0707. The van der Waals surface area contributed by atoms with Crippen LogP contribution in [0.1, 0.15) is 36.0 Å². The summed E-state index contributed by atoms with van der Waals surface area (Å²) in [5, 5.41) is 7.78. The van der Waals surface area contributed by atoms with Gasteiger partial charge in [0, 0.05) is 13.1 Å². The van der Waals surface area contributed by atoms with Crippen LogP contribution in [0.15, 0.2) is 35.7 Å². The third-order valence-corrected chi connectivity index (χ3v) is 5.49. The average Bonchev–Trinajstić information content (AvgIpc) is 3.18. The number of benzene rings is 1. The van der Waals surface area contributed by atoms with Crippen molar-refractivity contribution in [1.82, 2.24) is 4.90 Å². The maximum absolute atomic E-state index is 12.6. The molecular weight excluding hydrogens is 374 g/mol. The fourth-order valence-corrected chi connectivity index (χ4v) is 3.59. The van der Waals surface area contributed by atoms with Crippen LogP contribution >= 0.6 is 11.3 Å². The van der Waals surface area contributed by atoms with Gasteiger partial charge in [-0.15, -0.1) is 11.3 Å². The van der Waals surface area contributed by atoms with E-state index in [2.05, 4.69) is 36.3 Å². The number of amides is 2. The van der Waals surface area contributed by atoms with Crippen molar-refractivity contribution in [2.24, 2.45) is 0 Å². The molecule has 2 heterocycles. The van der Waals surface area contributed by atoms with Crippen molar-refractivity contribution in [3.05, 3.63) is 46.2 Å². The van der Waals surface area contributed by atoms with Crippen LogP contribution in [0.25, 0.3) is 0 Å². The molecule has 2 N–H and O–H groups in total. The first-order valence-corrected chi connectivity index (χ1v) is 10.3. The van der Waals surface area contributed by atoms with Gasteiger partial charge in [-0.2, -0.15) is 0 Å². The second kappa shape index (κ2) is 8.86. The summed E-state index contributed by atoms with van der Waals surface area (Å²) in [5.41, 5.74) is 2.23. The van der Waals surface area contributed by atoms with Gasteiger partial charge >= 0.3 is 0 Å². The van der Waals surface area contributed by atoms with E-state index in [4.69, 9.17) is 4.74 Å². The first kappa shape index (κ1) is 20.5. The number of carbonyl (C=O) groups excluding carboxylic acids is 2. The number of hydrogen-bond donors (Lipinski definition) is 2. The first-order valence-electron chi connectivity index (χ1n) is 9.42. The summed E-state index contributed by atoms with van der Waals surface area (Å²) in [7, 11) is 0. The molecule has 0 aliphatic carbocycles. The van der Waals surface area contributed by atoms with E-state index in [9.17, 15) is 9.59 Å². The van der Waals surface area contributed by atoms with Crippen LogP contribution in [0, 0.1) is 0 Å². The van der Waals surface area contributed by atoms with E-state index in [1.54, 1.807) is 6.07 Å². The summed E-state index contributed by atoms with van der Waals surface area (Å²) >= 11 is 1.39. The van der Waals surface area contributed by atoms with Crippen molar-refractivity contribution in [3.8, 4) is 0 Å². The van der Waals surface area contributed by atoms with Crippen molar-refractivity contribution >= 4 is 34.5 Å². The minimum Gasteiger partial charge on any atom is -0.379 e. The second-order valence-electron chi connectivity index (χ2n) is 7.88. The molecule has 2 amide bonds. The molecule has 0 radical (unpaired) electrons. The number of nitrogens with zero attached hydrogens (tertiary/aromatic N) is 1. The normalized spacial score (nSPS) is 15.2. The lowest BCUT2D eigenvalue weighted by Gasteiger charge is -2.26. The zero-order valence-corrected chi connectivity index (χ0v) is 17.4. The topological polar surface area (TPSA) is 70.7 Å². The predicted octanol–water partition coefficient (Wildman–Crippen LogP) is 3.57. The number of anilines is 2. The molecule has 3 rings (SSSR count). The van der Waals surface area contributed by atoms with Gasteiger partial charge in [0.2, 0.25) is 5.91 Å². The maximum Gasteiger partial charge on any atom is 0.265 e. The molecular formula is C21H27N3O3S. The SMILES string of the molecule is CC(C)(C)c1ccc(NC(=O)CN2CCOCC2)c(NC(=O)c2cccs2)c1. The molecule has 0 atom stereocenters. The van der Waals surface area contributed by atoms with Crippen LogP contribution < -0.4 is 10.6 Å². The molecule has 0 bridgehead atoms. The van der Waals surface area contributed by atoms with Gasteiger partial charge < -0.3 is 15.4 Å². The number of hydrogen-bond acceptors (Lipinski definition) is 5. The number of morpholine rings is 1. The third kappa shape index (κ3) is 5.41. The van der Waals surface area contributed by atoms with Gasteiger partial charge in [0.05, 0.1) is 36.0 Å². The van der Waals surface area contributed by atoms with E-state index < -0.39 is 0 Å². The Bertz CT molecular complexity index is 822. The summed E-state index contributed by atoms with van der Waals surface area (Å²) in [6.07, 6.45) is 0. The quantitative estimate of drug-likeness (QED) is 0.804. The van der Waals surface area contributed by atoms with E-state index >= 15 is 0 Å². The Morgan fingerprint density at radius 1 is 1.11 bits per heavy atom. The summed E-state index contributed by atoms with van der Waals surface area (Å²) in [6.45, 7) is 9.45. The monoisotopic (exact) mass is 401 g/mol. The number of thiophene rings is 1. The van der Waals surface area contributed by atoms with Crippen molar-refractivity contribution in [2.75, 3.05) is 43.5 Å². The first-order chi connectivity index (χ1) is 13.3. The highest BCUT2D eigenvalue weighted by atomic mass is 32.1. The van der Waals surface area contributed by atoms with E-state index in [1.165, 1.54) is 11.3 Å². The molecule has 6 nitrogen and oxygen atoms in total. The van der Waals surface area contributed by atoms with Crippen molar-refractivity contribution in [3.63, 3.8) is 0 Å². The Balaban J connectivity index is 1.78. The highest BCUT2D eigenvalue weighted by Crippen LogP contribution is 2.30. The fraction of sp³-hybridized carbons (Fsp3) is 0.429. The van der Waals surface area contributed by atoms with Crippen molar-refractivity contribution in [2.45, 2.75) is 26.2 Å². The Labute approximate surface area is 169 Å². The summed E-state index contributed by atoms with van der Waals surface area (Å²) < 4.78 is 5.32. The summed E-state index contributed by atoms with van der Waals surface area (Å²) in [5.74, 6) is -0.276. The lowest BCUT2D eigenvalue weighted by molar-refractivity contribution is -0.118. The van der Waals surface area contributed by atoms with Crippen LogP contribution in [-0.2, 0) is 14.9 Å². The van der Waals surface area contributed by atoms with Crippen molar-refractivity contribution < 1.29 is 14.3 Å². The molecule has 1 aliphatic rings. The number of nitrogens with one attached hydrogen (secondary N) is 2. The molecule has 1 aromatic carbocycles. The Morgan fingerprint density at radius 3 is 2.50 bits per heavy atom. The molecule has 28 heavy (non-hydrogen) atoms. The predicted molar refractivity (Wildman–Crippen MR) is 113 cm³/mol. The van der Waals surface area contributed by atoms with Gasteiger partial charge in [-0.1, -0.05) is 32.9 Å². The van der Waals surface area contributed by atoms with E-state index in [0.29, 0.717) is 36.0 Å². The van der Waals surface area contributed by atoms with Crippen LogP contribution in [0.2, 0.25) is 0 Å². The zero-order chi connectivity index (χ0) is 20.1. The standard InChI is InChI=1S/C21H27N3O3S/c1-21(2,3)15-6-7-16(22-19(25)14-24-8-10-27-11-9-24)17(13-15)23-20(26)18-5-4-12-28-18/h4-7,12-13H,8-11,14H2,1-3H3,(H,22,25)(H,23,26). The second-order valence-corrected chi connectivity index (χ2v) is 8.83. The van der Waals surface area contributed by atoms with Gasteiger partial charge in [0.25, 0.3) is 5.91 Å². The lowest BCUT2D eigenvalue weighted by Crippen LogP contribution is -2.41. The van der Waals surface area contributed by atoms with Gasteiger partial charge in [-0.3, -0.25) is 14.5 Å². The molecule has 0 spiro atoms. The maximum atomic E-state index is 12.6. The lowest BCUT2D eigenvalue weighted by atomic mass is 9.86. The molecule has 0 saturated carbocycles. The fourth-order valence-electron chi connectivity index (χ4n) is 2.97. The van der Waals surface area contributed by atoms with Crippen LogP contribution in [0.4, 0.5) is 11.4 Å². The molecule has 150 valence electrons. The van der Waals surface area contributed by atoms with Crippen LogP contribution in [0.5, 0.6) is 0 Å². The highest BCUT2D eigenvalue weighted by Gasteiger charge is 2.19. The van der Waals surface area contributed by atoms with Gasteiger partial charge in [-0.05, 0) is 34.6 Å². The molecule has 2 aromatic rings. The molecule has 1 aromatic heterocycles. The van der Waals surface area contributed by atoms with Crippen LogP contribution in [-0.4, -0.2) is 49.6 Å². The molecule has 0 unspecified atom stereocenters. The number of ether oxygens (including phenoxy) is 1.